The van der Waals surface area contributed by atoms with Gasteiger partial charge in [0.25, 0.3) is 0 Å². The third kappa shape index (κ3) is 5.74. The first-order valence-corrected chi connectivity index (χ1v) is 5.97. The van der Waals surface area contributed by atoms with E-state index in [1.807, 2.05) is 5.32 Å². The third-order valence-corrected chi connectivity index (χ3v) is 2.32. The van der Waals surface area contributed by atoms with Crippen molar-refractivity contribution in [2.75, 3.05) is 11.9 Å². The van der Waals surface area contributed by atoms with Crippen molar-refractivity contribution >= 4 is 11.6 Å². The number of halogens is 3. The van der Waals surface area contributed by atoms with E-state index in [2.05, 4.69) is 19.2 Å². The quantitative estimate of drug-likeness (QED) is 0.866. The summed E-state index contributed by atoms with van der Waals surface area (Å²) in [6.07, 6.45) is -4.87. The summed E-state index contributed by atoms with van der Waals surface area (Å²) in [4.78, 5) is 10.8. The van der Waals surface area contributed by atoms with Gasteiger partial charge < -0.3 is 10.6 Å². The van der Waals surface area contributed by atoms with Crippen molar-refractivity contribution in [3.63, 3.8) is 0 Å². The number of carbonyl (C=O) groups is 1. The van der Waals surface area contributed by atoms with Crippen LogP contribution in [0.1, 0.15) is 19.4 Å². The highest BCUT2D eigenvalue weighted by Crippen LogP contribution is 2.18. The van der Waals surface area contributed by atoms with E-state index in [4.69, 9.17) is 0 Å². The monoisotopic (exact) mass is 274 g/mol. The molecule has 19 heavy (non-hydrogen) atoms. The first-order chi connectivity index (χ1) is 8.79. The number of hydrogen-bond acceptors (Lipinski definition) is 2. The van der Waals surface area contributed by atoms with Crippen LogP contribution in [0.5, 0.6) is 0 Å². The molecule has 1 amide bonds. The lowest BCUT2D eigenvalue weighted by Crippen LogP contribution is -2.30. The highest BCUT2D eigenvalue weighted by molar-refractivity contribution is 5.94. The first kappa shape index (κ1) is 15.5. The maximum atomic E-state index is 12.1. The van der Waals surface area contributed by atoms with Crippen molar-refractivity contribution < 1.29 is 18.0 Å². The Bertz CT molecular complexity index is 430. The number of hydrogen-bond donors (Lipinski definition) is 2. The highest BCUT2D eigenvalue weighted by atomic mass is 19.4. The van der Waals surface area contributed by atoms with Crippen molar-refractivity contribution in [2.45, 2.75) is 26.6 Å². The molecular weight excluding hydrogens is 257 g/mol. The Hall–Kier alpha value is -1.56. The van der Waals surface area contributed by atoms with Crippen LogP contribution in [0.15, 0.2) is 24.3 Å². The summed E-state index contributed by atoms with van der Waals surface area (Å²) in [6.45, 7) is 5.49. The van der Waals surface area contributed by atoms with E-state index in [1.54, 1.807) is 12.1 Å². The normalized spacial score (nSPS) is 11.7. The molecule has 0 aromatic heterocycles. The summed E-state index contributed by atoms with van der Waals surface area (Å²) in [5.74, 6) is -1.46. The molecule has 0 saturated heterocycles. The lowest BCUT2D eigenvalue weighted by Gasteiger charge is -2.10. The fourth-order valence-corrected chi connectivity index (χ4v) is 1.47. The van der Waals surface area contributed by atoms with Crippen LogP contribution in [0.2, 0.25) is 0 Å². The minimum atomic E-state index is -4.87. The Morgan fingerprint density at radius 3 is 2.58 bits per heavy atom. The standard InChI is InChI=1S/C13H17F3N2O/c1-9(2)7-17-8-10-4-3-5-11(6-10)18-12(19)13(14,15)16/h3-6,9,17H,7-8H2,1-2H3,(H,18,19). The topological polar surface area (TPSA) is 41.1 Å². The van der Waals surface area contributed by atoms with Gasteiger partial charge in [-0.3, -0.25) is 4.79 Å². The van der Waals surface area contributed by atoms with Crippen LogP contribution in [0.4, 0.5) is 18.9 Å². The van der Waals surface area contributed by atoms with Gasteiger partial charge in [-0.1, -0.05) is 26.0 Å². The van der Waals surface area contributed by atoms with Gasteiger partial charge in [-0.15, -0.1) is 0 Å². The van der Waals surface area contributed by atoms with Crippen LogP contribution in [-0.2, 0) is 11.3 Å². The van der Waals surface area contributed by atoms with Gasteiger partial charge in [0.05, 0.1) is 0 Å². The summed E-state index contributed by atoms with van der Waals surface area (Å²) in [5, 5.41) is 5.01. The van der Waals surface area contributed by atoms with E-state index >= 15 is 0 Å². The molecule has 1 aromatic carbocycles. The van der Waals surface area contributed by atoms with E-state index in [1.165, 1.54) is 12.1 Å². The lowest BCUT2D eigenvalue weighted by atomic mass is 10.2. The molecule has 106 valence electrons. The number of rotatable bonds is 5. The maximum Gasteiger partial charge on any atom is 0.471 e. The van der Waals surface area contributed by atoms with Gasteiger partial charge in [0, 0.05) is 12.2 Å². The van der Waals surface area contributed by atoms with Crippen molar-refractivity contribution in [1.29, 1.82) is 0 Å². The summed E-state index contributed by atoms with van der Waals surface area (Å²) < 4.78 is 36.3. The summed E-state index contributed by atoms with van der Waals surface area (Å²) in [6, 6.07) is 6.35. The molecule has 3 nitrogen and oxygen atoms in total. The molecule has 0 unspecified atom stereocenters. The van der Waals surface area contributed by atoms with Gasteiger partial charge in [0.15, 0.2) is 0 Å². The minimum Gasteiger partial charge on any atom is -0.318 e. The van der Waals surface area contributed by atoms with E-state index in [-0.39, 0.29) is 5.69 Å². The van der Waals surface area contributed by atoms with Crippen LogP contribution in [0.3, 0.4) is 0 Å². The molecule has 6 heteroatoms. The smallest absolute Gasteiger partial charge is 0.318 e. The number of alkyl halides is 3. The number of carbonyl (C=O) groups excluding carboxylic acids is 1. The Morgan fingerprint density at radius 1 is 1.32 bits per heavy atom. The van der Waals surface area contributed by atoms with Gasteiger partial charge in [0.1, 0.15) is 0 Å². The van der Waals surface area contributed by atoms with Crippen molar-refractivity contribution in [2.24, 2.45) is 5.92 Å². The Kier molecular flexibility index (Phi) is 5.35. The molecule has 0 bridgehead atoms. The van der Waals surface area contributed by atoms with Gasteiger partial charge >= 0.3 is 12.1 Å². The summed E-state index contributed by atoms with van der Waals surface area (Å²) >= 11 is 0. The molecule has 0 atom stereocenters. The zero-order valence-corrected chi connectivity index (χ0v) is 10.8. The molecule has 2 N–H and O–H groups in total. The average Bonchev–Trinajstić information content (AvgIpc) is 2.27. The largest absolute Gasteiger partial charge is 0.471 e. The maximum absolute atomic E-state index is 12.1. The molecule has 0 spiro atoms. The molecule has 0 aliphatic carbocycles. The molecule has 0 saturated carbocycles. The van der Waals surface area contributed by atoms with Crippen molar-refractivity contribution in [3.8, 4) is 0 Å². The minimum absolute atomic E-state index is 0.145. The summed E-state index contributed by atoms with van der Waals surface area (Å²) in [5.41, 5.74) is 0.965. The Labute approximate surface area is 110 Å². The molecular formula is C13H17F3N2O. The second-order valence-corrected chi connectivity index (χ2v) is 4.68. The van der Waals surface area contributed by atoms with E-state index < -0.39 is 12.1 Å². The number of anilines is 1. The Balaban J connectivity index is 2.59. The lowest BCUT2D eigenvalue weighted by molar-refractivity contribution is -0.167. The van der Waals surface area contributed by atoms with Crippen LogP contribution >= 0.6 is 0 Å². The SMILES string of the molecule is CC(C)CNCc1cccc(NC(=O)C(F)(F)F)c1. The van der Waals surface area contributed by atoms with Gasteiger partial charge in [-0.25, -0.2) is 0 Å². The predicted molar refractivity (Wildman–Crippen MR) is 67.7 cm³/mol. The van der Waals surface area contributed by atoms with Gasteiger partial charge in [-0.2, -0.15) is 13.2 Å². The van der Waals surface area contributed by atoms with Gasteiger partial charge in [-0.05, 0) is 30.2 Å². The third-order valence-electron chi connectivity index (χ3n) is 2.32. The Morgan fingerprint density at radius 2 is 2.00 bits per heavy atom. The van der Waals surface area contributed by atoms with Crippen LogP contribution in [-0.4, -0.2) is 18.6 Å². The average molecular weight is 274 g/mol. The first-order valence-electron chi connectivity index (χ1n) is 5.97. The van der Waals surface area contributed by atoms with Crippen LogP contribution < -0.4 is 10.6 Å². The predicted octanol–water partition coefficient (Wildman–Crippen LogP) is 2.93. The van der Waals surface area contributed by atoms with E-state index in [0.29, 0.717) is 12.5 Å². The van der Waals surface area contributed by atoms with E-state index in [0.717, 1.165) is 12.1 Å². The fraction of sp³-hybridized carbons (Fsp3) is 0.462. The van der Waals surface area contributed by atoms with Crippen molar-refractivity contribution in [1.82, 2.24) is 5.32 Å². The second kappa shape index (κ2) is 6.56. The van der Waals surface area contributed by atoms with E-state index in [9.17, 15) is 18.0 Å². The zero-order chi connectivity index (χ0) is 14.5. The number of benzene rings is 1. The fourth-order valence-electron chi connectivity index (χ4n) is 1.47. The number of nitrogens with one attached hydrogen (secondary N) is 2. The van der Waals surface area contributed by atoms with Gasteiger partial charge in [0.2, 0.25) is 0 Å². The molecule has 1 aromatic rings. The van der Waals surface area contributed by atoms with Crippen molar-refractivity contribution in [3.05, 3.63) is 29.8 Å². The molecule has 0 aliphatic rings. The molecule has 0 radical (unpaired) electrons. The molecule has 1 rings (SSSR count). The molecule has 0 aliphatic heterocycles. The highest BCUT2D eigenvalue weighted by Gasteiger charge is 2.38. The van der Waals surface area contributed by atoms with Crippen LogP contribution in [0, 0.1) is 5.92 Å². The number of amides is 1. The second-order valence-electron chi connectivity index (χ2n) is 4.68. The molecule has 0 fully saturated rings. The molecule has 0 heterocycles. The van der Waals surface area contributed by atoms with Crippen LogP contribution in [0.25, 0.3) is 0 Å². The zero-order valence-electron chi connectivity index (χ0n) is 10.8. The summed E-state index contributed by atoms with van der Waals surface area (Å²) in [7, 11) is 0.